The number of ether oxygens (including phenoxy) is 1. The van der Waals surface area contributed by atoms with Gasteiger partial charge in [-0.25, -0.2) is 0 Å². The predicted octanol–water partition coefficient (Wildman–Crippen LogP) is 5.20. The smallest absolute Gasteiger partial charge is 0.261 e. The Kier molecular flexibility index (Phi) is 8.57. The maximum atomic E-state index is 13.3. The lowest BCUT2D eigenvalue weighted by atomic mass is 10.1. The molecule has 0 aromatic heterocycles. The van der Waals surface area contributed by atoms with Crippen LogP contribution >= 0.6 is 11.6 Å². The Morgan fingerprint density at radius 2 is 1.84 bits per heavy atom. The Hall–Kier alpha value is -2.53. The van der Waals surface area contributed by atoms with E-state index in [0.29, 0.717) is 17.2 Å². The molecule has 0 unspecified atom stereocenters. The molecule has 1 atom stereocenters. The van der Waals surface area contributed by atoms with Crippen molar-refractivity contribution in [3.8, 4) is 5.75 Å². The second kappa shape index (κ2) is 11.4. The highest BCUT2D eigenvalue weighted by atomic mass is 35.5. The number of aryl methyl sites for hydroxylation is 1. The van der Waals surface area contributed by atoms with Gasteiger partial charge in [0.05, 0.1) is 0 Å². The zero-order valence-corrected chi connectivity index (χ0v) is 20.0. The first-order chi connectivity index (χ1) is 15.4. The summed E-state index contributed by atoms with van der Waals surface area (Å²) in [6, 6.07) is 12.8. The molecule has 2 aromatic carbocycles. The predicted molar refractivity (Wildman–Crippen MR) is 128 cm³/mol. The summed E-state index contributed by atoms with van der Waals surface area (Å²) in [7, 11) is 0. The lowest BCUT2D eigenvalue weighted by Crippen LogP contribution is -2.52. The van der Waals surface area contributed by atoms with Gasteiger partial charge in [0.25, 0.3) is 5.91 Å². The van der Waals surface area contributed by atoms with Crippen LogP contribution in [0.25, 0.3) is 0 Å². The fourth-order valence-corrected chi connectivity index (χ4v) is 4.40. The van der Waals surface area contributed by atoms with Crippen LogP contribution in [0.3, 0.4) is 0 Å². The highest BCUT2D eigenvalue weighted by Gasteiger charge is 2.31. The molecule has 0 spiro atoms. The summed E-state index contributed by atoms with van der Waals surface area (Å²) in [6.45, 7) is 6.03. The van der Waals surface area contributed by atoms with Crippen LogP contribution in [0, 0.1) is 13.8 Å². The van der Waals surface area contributed by atoms with Crippen molar-refractivity contribution in [3.63, 3.8) is 0 Å². The van der Waals surface area contributed by atoms with E-state index in [1.165, 1.54) is 0 Å². The fraction of sp³-hybridized carbons (Fsp3) is 0.462. The average Bonchev–Trinajstić information content (AvgIpc) is 3.28. The standard InChI is InChI=1S/C26H33ClN2O3/c1-4-23(26(31)28-21-12-6-7-13-21)29(16-20-11-5-8-14-22(20)27)25(30)17-32-24-15-9-10-18(2)19(24)3/h5,8-11,14-15,21,23H,4,6-7,12-13,16-17H2,1-3H3,(H,28,31)/t23-/m1/s1. The molecule has 172 valence electrons. The molecule has 0 radical (unpaired) electrons. The topological polar surface area (TPSA) is 58.6 Å². The number of halogens is 1. The van der Waals surface area contributed by atoms with E-state index < -0.39 is 6.04 Å². The maximum absolute atomic E-state index is 13.3. The molecule has 1 N–H and O–H groups in total. The Bertz CT molecular complexity index is 940. The first kappa shape index (κ1) is 24.1. The number of hydrogen-bond donors (Lipinski definition) is 1. The van der Waals surface area contributed by atoms with E-state index in [1.54, 1.807) is 11.0 Å². The quantitative estimate of drug-likeness (QED) is 0.564. The van der Waals surface area contributed by atoms with Gasteiger partial charge in [-0.3, -0.25) is 9.59 Å². The Labute approximate surface area is 196 Å². The Balaban J connectivity index is 1.79. The summed E-state index contributed by atoms with van der Waals surface area (Å²) in [5, 5.41) is 3.73. The van der Waals surface area contributed by atoms with E-state index >= 15 is 0 Å². The van der Waals surface area contributed by atoms with Crippen LogP contribution < -0.4 is 10.1 Å². The Morgan fingerprint density at radius 3 is 2.53 bits per heavy atom. The van der Waals surface area contributed by atoms with Gasteiger partial charge in [0, 0.05) is 17.6 Å². The number of nitrogens with one attached hydrogen (secondary N) is 1. The SMILES string of the molecule is CC[C@H](C(=O)NC1CCCC1)N(Cc1ccccc1Cl)C(=O)COc1cccc(C)c1C. The van der Waals surface area contributed by atoms with Crippen LogP contribution in [0.5, 0.6) is 5.75 Å². The van der Waals surface area contributed by atoms with Gasteiger partial charge in [-0.2, -0.15) is 0 Å². The van der Waals surface area contributed by atoms with Crippen LogP contribution in [-0.2, 0) is 16.1 Å². The minimum absolute atomic E-state index is 0.105. The zero-order valence-electron chi connectivity index (χ0n) is 19.2. The van der Waals surface area contributed by atoms with Gasteiger partial charge in [-0.1, -0.05) is 61.7 Å². The van der Waals surface area contributed by atoms with Gasteiger partial charge in [0.2, 0.25) is 5.91 Å². The number of hydrogen-bond acceptors (Lipinski definition) is 3. The van der Waals surface area contributed by atoms with Gasteiger partial charge >= 0.3 is 0 Å². The molecule has 32 heavy (non-hydrogen) atoms. The molecule has 2 aromatic rings. The summed E-state index contributed by atoms with van der Waals surface area (Å²) < 4.78 is 5.88. The largest absolute Gasteiger partial charge is 0.483 e. The minimum atomic E-state index is -0.582. The van der Waals surface area contributed by atoms with Crippen molar-refractivity contribution in [1.29, 1.82) is 0 Å². The number of carbonyl (C=O) groups is 2. The van der Waals surface area contributed by atoms with Crippen LogP contribution in [0.15, 0.2) is 42.5 Å². The monoisotopic (exact) mass is 456 g/mol. The van der Waals surface area contributed by atoms with Crippen LogP contribution in [-0.4, -0.2) is 35.4 Å². The van der Waals surface area contributed by atoms with E-state index in [1.807, 2.05) is 57.2 Å². The normalized spacial score (nSPS) is 14.8. The van der Waals surface area contributed by atoms with Crippen molar-refractivity contribution in [2.45, 2.75) is 71.5 Å². The molecule has 0 bridgehead atoms. The van der Waals surface area contributed by atoms with E-state index in [-0.39, 0.29) is 31.0 Å². The van der Waals surface area contributed by atoms with Crippen molar-refractivity contribution in [3.05, 3.63) is 64.2 Å². The van der Waals surface area contributed by atoms with Gasteiger partial charge in [0.1, 0.15) is 11.8 Å². The maximum Gasteiger partial charge on any atom is 0.261 e. The van der Waals surface area contributed by atoms with Crippen molar-refractivity contribution in [1.82, 2.24) is 10.2 Å². The summed E-state index contributed by atoms with van der Waals surface area (Å²) in [5.41, 5.74) is 2.91. The molecule has 0 heterocycles. The fourth-order valence-electron chi connectivity index (χ4n) is 4.20. The first-order valence-electron chi connectivity index (χ1n) is 11.4. The second-order valence-corrected chi connectivity index (χ2v) is 8.92. The van der Waals surface area contributed by atoms with Crippen molar-refractivity contribution < 1.29 is 14.3 Å². The van der Waals surface area contributed by atoms with Crippen LogP contribution in [0.4, 0.5) is 0 Å². The van der Waals surface area contributed by atoms with E-state index in [4.69, 9.17) is 16.3 Å². The summed E-state index contributed by atoms with van der Waals surface area (Å²) in [5.74, 6) is 0.338. The van der Waals surface area contributed by atoms with Crippen molar-refractivity contribution in [2.75, 3.05) is 6.61 Å². The second-order valence-electron chi connectivity index (χ2n) is 8.51. The summed E-state index contributed by atoms with van der Waals surface area (Å²) >= 11 is 6.38. The molecule has 1 saturated carbocycles. The van der Waals surface area contributed by atoms with Gasteiger partial charge in [-0.05, 0) is 61.9 Å². The van der Waals surface area contributed by atoms with Crippen molar-refractivity contribution >= 4 is 23.4 Å². The molecular formula is C26H33ClN2O3. The molecule has 0 saturated heterocycles. The molecule has 1 aliphatic rings. The van der Waals surface area contributed by atoms with Crippen molar-refractivity contribution in [2.24, 2.45) is 0 Å². The lowest BCUT2D eigenvalue weighted by molar-refractivity contribution is -0.143. The van der Waals surface area contributed by atoms with E-state index in [9.17, 15) is 9.59 Å². The third kappa shape index (κ3) is 6.04. The highest BCUT2D eigenvalue weighted by molar-refractivity contribution is 6.31. The third-order valence-electron chi connectivity index (χ3n) is 6.29. The van der Waals surface area contributed by atoms with Crippen LogP contribution in [0.2, 0.25) is 5.02 Å². The number of nitrogens with zero attached hydrogens (tertiary/aromatic N) is 1. The van der Waals surface area contributed by atoms with E-state index in [2.05, 4.69) is 5.32 Å². The minimum Gasteiger partial charge on any atom is -0.483 e. The highest BCUT2D eigenvalue weighted by Crippen LogP contribution is 2.23. The number of amides is 2. The molecule has 1 fully saturated rings. The van der Waals surface area contributed by atoms with Gasteiger partial charge in [-0.15, -0.1) is 0 Å². The molecule has 3 rings (SSSR count). The molecule has 2 amide bonds. The van der Waals surface area contributed by atoms with Gasteiger partial charge in [0.15, 0.2) is 6.61 Å². The lowest BCUT2D eigenvalue weighted by Gasteiger charge is -2.31. The van der Waals surface area contributed by atoms with Gasteiger partial charge < -0.3 is 15.0 Å². The summed E-state index contributed by atoms with van der Waals surface area (Å²) in [6.07, 6.45) is 4.77. The number of carbonyl (C=O) groups excluding carboxylic acids is 2. The number of benzene rings is 2. The third-order valence-corrected chi connectivity index (χ3v) is 6.66. The molecule has 1 aliphatic carbocycles. The Morgan fingerprint density at radius 1 is 1.12 bits per heavy atom. The molecule has 6 heteroatoms. The number of rotatable bonds is 9. The van der Waals surface area contributed by atoms with E-state index in [0.717, 1.165) is 42.4 Å². The molecule has 5 nitrogen and oxygen atoms in total. The summed E-state index contributed by atoms with van der Waals surface area (Å²) in [4.78, 5) is 28.1. The molecular weight excluding hydrogens is 424 g/mol. The van der Waals surface area contributed by atoms with Crippen LogP contribution in [0.1, 0.15) is 55.7 Å². The average molecular weight is 457 g/mol. The first-order valence-corrected chi connectivity index (χ1v) is 11.8. The molecule has 0 aliphatic heterocycles. The zero-order chi connectivity index (χ0) is 23.1.